The van der Waals surface area contributed by atoms with Gasteiger partial charge in [0.05, 0.1) is 17.5 Å². The van der Waals surface area contributed by atoms with Gasteiger partial charge < -0.3 is 19.9 Å². The molecule has 106 valence electrons. The summed E-state index contributed by atoms with van der Waals surface area (Å²) in [6.07, 6.45) is 1.27. The van der Waals surface area contributed by atoms with Crippen LogP contribution in [-0.2, 0) is 7.05 Å². The molecule has 1 aliphatic heterocycles. The van der Waals surface area contributed by atoms with Crippen molar-refractivity contribution in [2.75, 3.05) is 18.7 Å². The Bertz CT molecular complexity index is 624. The Labute approximate surface area is 116 Å². The summed E-state index contributed by atoms with van der Waals surface area (Å²) in [4.78, 5) is 0. The summed E-state index contributed by atoms with van der Waals surface area (Å²) in [7, 11) is 1.87. The van der Waals surface area contributed by atoms with Gasteiger partial charge in [-0.25, -0.2) is 0 Å². The second-order valence-corrected chi connectivity index (χ2v) is 4.81. The zero-order valence-electron chi connectivity index (χ0n) is 11.5. The normalized spacial score (nSPS) is 14.3. The fourth-order valence-electron chi connectivity index (χ4n) is 2.22. The van der Waals surface area contributed by atoms with Crippen LogP contribution in [0.2, 0.25) is 0 Å². The molecule has 0 aliphatic carbocycles. The quantitative estimate of drug-likeness (QED) is 0.887. The average Bonchev–Trinajstić information content (AvgIpc) is 3.01. The molecule has 0 saturated heterocycles. The molecule has 0 saturated carbocycles. The number of hydrogen-bond donors (Lipinski definition) is 2. The van der Waals surface area contributed by atoms with Gasteiger partial charge in [0.15, 0.2) is 11.5 Å². The molecule has 0 fully saturated rings. The van der Waals surface area contributed by atoms with Crippen molar-refractivity contribution in [1.82, 2.24) is 9.78 Å². The van der Waals surface area contributed by atoms with Crippen molar-refractivity contribution in [2.24, 2.45) is 7.05 Å². The molecule has 0 amide bonds. The van der Waals surface area contributed by atoms with E-state index in [-0.39, 0.29) is 6.79 Å². The Morgan fingerprint density at radius 1 is 1.40 bits per heavy atom. The lowest BCUT2D eigenvalue weighted by Crippen LogP contribution is -2.12. The minimum atomic E-state index is -0.621. The number of hydrogen-bond acceptors (Lipinski definition) is 5. The lowest BCUT2D eigenvalue weighted by Gasteiger charge is -2.13. The van der Waals surface area contributed by atoms with Gasteiger partial charge in [-0.2, -0.15) is 5.10 Å². The average molecular weight is 275 g/mol. The summed E-state index contributed by atoms with van der Waals surface area (Å²) in [5.74, 6) is 1.40. The molecule has 1 aromatic carbocycles. The number of rotatable bonds is 4. The Balaban J connectivity index is 1.67. The van der Waals surface area contributed by atoms with Crippen molar-refractivity contribution in [3.05, 3.63) is 35.7 Å². The molecule has 2 aromatic rings. The summed E-state index contributed by atoms with van der Waals surface area (Å²) in [6, 6.07) is 5.47. The van der Waals surface area contributed by atoms with Crippen molar-refractivity contribution in [2.45, 2.75) is 13.0 Å². The second-order valence-electron chi connectivity index (χ2n) is 4.81. The van der Waals surface area contributed by atoms with E-state index in [9.17, 15) is 5.11 Å². The summed E-state index contributed by atoms with van der Waals surface area (Å²) >= 11 is 0. The predicted octanol–water partition coefficient (Wildman–Crippen LogP) is 1.60. The van der Waals surface area contributed by atoms with E-state index in [1.165, 1.54) is 0 Å². The number of nitrogens with zero attached hydrogens (tertiary/aromatic N) is 2. The van der Waals surface area contributed by atoms with Crippen LogP contribution in [0, 0.1) is 6.92 Å². The molecule has 20 heavy (non-hydrogen) atoms. The van der Waals surface area contributed by atoms with Gasteiger partial charge in [-0.15, -0.1) is 0 Å². The third kappa shape index (κ3) is 2.42. The van der Waals surface area contributed by atoms with E-state index in [4.69, 9.17) is 9.47 Å². The standard InChI is InChI=1S/C14H17N3O3/c1-9-11(7-17(2)16-9)15-6-12(18)10-3-4-13-14(5-10)20-8-19-13/h3-5,7,12,15,18H,6,8H2,1-2H3. The number of aryl methyl sites for hydroxylation is 2. The van der Waals surface area contributed by atoms with Crippen molar-refractivity contribution in [1.29, 1.82) is 0 Å². The van der Waals surface area contributed by atoms with Crippen molar-refractivity contribution in [3.63, 3.8) is 0 Å². The van der Waals surface area contributed by atoms with Crippen LogP contribution in [-0.4, -0.2) is 28.2 Å². The maximum absolute atomic E-state index is 10.2. The SMILES string of the molecule is Cc1nn(C)cc1NCC(O)c1ccc2c(c1)OCO2. The molecule has 6 nitrogen and oxygen atoms in total. The number of fused-ring (bicyclic) bond motifs is 1. The van der Waals surface area contributed by atoms with Gasteiger partial charge in [-0.3, -0.25) is 4.68 Å². The van der Waals surface area contributed by atoms with E-state index >= 15 is 0 Å². The van der Waals surface area contributed by atoms with Gasteiger partial charge in [0.25, 0.3) is 0 Å². The van der Waals surface area contributed by atoms with E-state index in [1.54, 1.807) is 4.68 Å². The minimum absolute atomic E-state index is 0.238. The van der Waals surface area contributed by atoms with Gasteiger partial charge in [-0.05, 0) is 24.6 Å². The maximum atomic E-state index is 10.2. The first kappa shape index (κ1) is 12.8. The minimum Gasteiger partial charge on any atom is -0.454 e. The first-order chi connectivity index (χ1) is 9.63. The maximum Gasteiger partial charge on any atom is 0.231 e. The molecule has 0 bridgehead atoms. The van der Waals surface area contributed by atoms with Gasteiger partial charge >= 0.3 is 0 Å². The molecular weight excluding hydrogens is 258 g/mol. The number of aliphatic hydroxyl groups excluding tert-OH is 1. The van der Waals surface area contributed by atoms with Crippen LogP contribution in [0.1, 0.15) is 17.4 Å². The molecule has 3 rings (SSSR count). The molecule has 0 spiro atoms. The van der Waals surface area contributed by atoms with Gasteiger partial charge in [0, 0.05) is 19.8 Å². The highest BCUT2D eigenvalue weighted by molar-refractivity contribution is 5.47. The molecule has 6 heteroatoms. The second kappa shape index (κ2) is 5.05. The predicted molar refractivity (Wildman–Crippen MR) is 74.0 cm³/mol. The number of aromatic nitrogens is 2. The highest BCUT2D eigenvalue weighted by atomic mass is 16.7. The fraction of sp³-hybridized carbons (Fsp3) is 0.357. The Morgan fingerprint density at radius 3 is 2.95 bits per heavy atom. The molecule has 1 atom stereocenters. The van der Waals surface area contributed by atoms with E-state index in [1.807, 2.05) is 38.4 Å². The number of ether oxygens (including phenoxy) is 2. The Hall–Kier alpha value is -2.21. The molecule has 0 radical (unpaired) electrons. The molecule has 2 heterocycles. The van der Waals surface area contributed by atoms with Crippen LogP contribution in [0.3, 0.4) is 0 Å². The Kier molecular flexibility index (Phi) is 3.23. The first-order valence-corrected chi connectivity index (χ1v) is 6.45. The largest absolute Gasteiger partial charge is 0.454 e. The summed E-state index contributed by atoms with van der Waals surface area (Å²) < 4.78 is 12.3. The summed E-state index contributed by atoms with van der Waals surface area (Å²) in [6.45, 7) is 2.57. The lowest BCUT2D eigenvalue weighted by molar-refractivity contribution is 0.173. The van der Waals surface area contributed by atoms with Gasteiger partial charge in [-0.1, -0.05) is 6.07 Å². The highest BCUT2D eigenvalue weighted by Gasteiger charge is 2.16. The molecular formula is C14H17N3O3. The van der Waals surface area contributed by atoms with Crippen LogP contribution < -0.4 is 14.8 Å². The van der Waals surface area contributed by atoms with E-state index in [0.717, 1.165) is 22.7 Å². The molecule has 1 unspecified atom stereocenters. The number of nitrogens with one attached hydrogen (secondary N) is 1. The van der Waals surface area contributed by atoms with Crippen molar-refractivity contribution < 1.29 is 14.6 Å². The van der Waals surface area contributed by atoms with E-state index in [2.05, 4.69) is 10.4 Å². The number of anilines is 1. The van der Waals surface area contributed by atoms with Crippen LogP contribution in [0.25, 0.3) is 0 Å². The van der Waals surface area contributed by atoms with Gasteiger partial charge in [0.2, 0.25) is 6.79 Å². The highest BCUT2D eigenvalue weighted by Crippen LogP contribution is 2.34. The van der Waals surface area contributed by atoms with Crippen LogP contribution >= 0.6 is 0 Å². The third-order valence-electron chi connectivity index (χ3n) is 3.28. The van der Waals surface area contributed by atoms with Crippen LogP contribution in [0.5, 0.6) is 11.5 Å². The van der Waals surface area contributed by atoms with Crippen LogP contribution in [0.15, 0.2) is 24.4 Å². The van der Waals surface area contributed by atoms with E-state index in [0.29, 0.717) is 12.3 Å². The Morgan fingerprint density at radius 2 is 2.20 bits per heavy atom. The molecule has 1 aliphatic rings. The zero-order valence-corrected chi connectivity index (χ0v) is 11.5. The fourth-order valence-corrected chi connectivity index (χ4v) is 2.22. The third-order valence-corrected chi connectivity index (χ3v) is 3.28. The molecule has 2 N–H and O–H groups in total. The summed E-state index contributed by atoms with van der Waals surface area (Å²) in [5.41, 5.74) is 2.63. The monoisotopic (exact) mass is 275 g/mol. The topological polar surface area (TPSA) is 68.5 Å². The zero-order chi connectivity index (χ0) is 14.1. The van der Waals surface area contributed by atoms with E-state index < -0.39 is 6.10 Å². The molecule has 1 aromatic heterocycles. The van der Waals surface area contributed by atoms with Crippen molar-refractivity contribution >= 4 is 5.69 Å². The first-order valence-electron chi connectivity index (χ1n) is 6.45. The van der Waals surface area contributed by atoms with Crippen molar-refractivity contribution in [3.8, 4) is 11.5 Å². The number of benzene rings is 1. The summed E-state index contributed by atoms with van der Waals surface area (Å²) in [5, 5.41) is 17.7. The number of aliphatic hydroxyl groups is 1. The smallest absolute Gasteiger partial charge is 0.231 e. The lowest BCUT2D eigenvalue weighted by atomic mass is 10.1. The van der Waals surface area contributed by atoms with Gasteiger partial charge in [0.1, 0.15) is 0 Å². The van der Waals surface area contributed by atoms with Crippen LogP contribution in [0.4, 0.5) is 5.69 Å².